The molecule has 2 aromatic heterocycles. The van der Waals surface area contributed by atoms with Gasteiger partial charge in [0.1, 0.15) is 5.82 Å². The molecule has 3 rings (SSSR count). The third kappa shape index (κ3) is 2.84. The molecule has 106 valence electrons. The van der Waals surface area contributed by atoms with E-state index in [1.807, 2.05) is 18.2 Å². The minimum absolute atomic E-state index is 0.260. The summed E-state index contributed by atoms with van der Waals surface area (Å²) in [6.07, 6.45) is 4.02. The Balaban J connectivity index is 1.79. The second kappa shape index (κ2) is 5.62. The van der Waals surface area contributed by atoms with E-state index in [1.165, 1.54) is 6.07 Å². The van der Waals surface area contributed by atoms with Crippen LogP contribution in [0, 0.1) is 0 Å². The maximum atomic E-state index is 12.2. The van der Waals surface area contributed by atoms with Crippen molar-refractivity contribution in [2.75, 3.05) is 6.54 Å². The SMILES string of the molecule is O=C(NCCc1ncc[nH]1)c1cc(=O)[nH]c2ccccc12. The summed E-state index contributed by atoms with van der Waals surface area (Å²) in [6, 6.07) is 8.56. The number of nitrogens with zero attached hydrogens (tertiary/aromatic N) is 1. The van der Waals surface area contributed by atoms with E-state index in [-0.39, 0.29) is 11.5 Å². The number of hydrogen-bond donors (Lipinski definition) is 3. The number of carbonyl (C=O) groups is 1. The monoisotopic (exact) mass is 282 g/mol. The van der Waals surface area contributed by atoms with Crippen molar-refractivity contribution in [2.24, 2.45) is 0 Å². The van der Waals surface area contributed by atoms with Crippen LogP contribution >= 0.6 is 0 Å². The summed E-state index contributed by atoms with van der Waals surface area (Å²) in [5.41, 5.74) is 0.750. The Morgan fingerprint density at radius 2 is 2.14 bits per heavy atom. The van der Waals surface area contributed by atoms with Gasteiger partial charge in [0.05, 0.1) is 5.56 Å². The lowest BCUT2D eigenvalue weighted by Gasteiger charge is -2.07. The van der Waals surface area contributed by atoms with Crippen LogP contribution in [0.2, 0.25) is 0 Å². The minimum atomic E-state index is -0.287. The van der Waals surface area contributed by atoms with Crippen LogP contribution in [0.1, 0.15) is 16.2 Å². The van der Waals surface area contributed by atoms with Crippen LogP contribution in [-0.4, -0.2) is 27.4 Å². The summed E-state index contributed by atoms with van der Waals surface area (Å²) in [5.74, 6) is 0.551. The molecule has 3 N–H and O–H groups in total. The van der Waals surface area contributed by atoms with E-state index in [0.717, 1.165) is 11.2 Å². The molecule has 0 aliphatic heterocycles. The minimum Gasteiger partial charge on any atom is -0.352 e. The molecule has 0 saturated carbocycles. The number of nitrogens with one attached hydrogen (secondary N) is 3. The number of benzene rings is 1. The molecule has 0 spiro atoms. The van der Waals surface area contributed by atoms with E-state index in [9.17, 15) is 9.59 Å². The fraction of sp³-hybridized carbons (Fsp3) is 0.133. The Hall–Kier alpha value is -2.89. The quantitative estimate of drug-likeness (QED) is 0.672. The van der Waals surface area contributed by atoms with E-state index in [4.69, 9.17) is 0 Å². The normalized spacial score (nSPS) is 10.7. The molecule has 6 heteroatoms. The van der Waals surface area contributed by atoms with Gasteiger partial charge in [-0.1, -0.05) is 18.2 Å². The topological polar surface area (TPSA) is 90.6 Å². The molecule has 0 atom stereocenters. The van der Waals surface area contributed by atoms with Crippen LogP contribution in [0.5, 0.6) is 0 Å². The van der Waals surface area contributed by atoms with Crippen molar-refractivity contribution in [2.45, 2.75) is 6.42 Å². The van der Waals surface area contributed by atoms with Crippen LogP contribution in [0.3, 0.4) is 0 Å². The summed E-state index contributed by atoms with van der Waals surface area (Å²) < 4.78 is 0. The number of rotatable bonds is 4. The summed E-state index contributed by atoms with van der Waals surface area (Å²) in [7, 11) is 0. The highest BCUT2D eigenvalue weighted by atomic mass is 16.2. The first-order valence-corrected chi connectivity index (χ1v) is 6.62. The van der Waals surface area contributed by atoms with Crippen LogP contribution in [-0.2, 0) is 6.42 Å². The number of imidazole rings is 1. The Bertz CT molecular complexity index is 821. The van der Waals surface area contributed by atoms with Gasteiger partial charge in [-0.3, -0.25) is 9.59 Å². The number of para-hydroxylation sites is 1. The van der Waals surface area contributed by atoms with Crippen molar-refractivity contribution in [3.8, 4) is 0 Å². The largest absolute Gasteiger partial charge is 0.352 e. The second-order valence-corrected chi connectivity index (χ2v) is 4.63. The highest BCUT2D eigenvalue weighted by Crippen LogP contribution is 2.14. The predicted octanol–water partition coefficient (Wildman–Crippen LogP) is 1.22. The molecule has 21 heavy (non-hydrogen) atoms. The van der Waals surface area contributed by atoms with Crippen molar-refractivity contribution in [3.63, 3.8) is 0 Å². The fourth-order valence-corrected chi connectivity index (χ4v) is 2.22. The van der Waals surface area contributed by atoms with Gasteiger partial charge in [0.2, 0.25) is 5.56 Å². The van der Waals surface area contributed by atoms with Crippen LogP contribution in [0.4, 0.5) is 0 Å². The zero-order valence-corrected chi connectivity index (χ0v) is 11.2. The third-order valence-electron chi connectivity index (χ3n) is 3.20. The number of carbonyl (C=O) groups excluding carboxylic acids is 1. The standard InChI is InChI=1S/C15H14N4O2/c20-14-9-11(10-3-1-2-4-12(10)19-14)15(21)18-6-5-13-16-7-8-17-13/h1-4,7-9H,5-6H2,(H,16,17)(H,18,21)(H,19,20). The molecule has 0 aliphatic carbocycles. The van der Waals surface area contributed by atoms with Crippen LogP contribution in [0.25, 0.3) is 10.9 Å². The van der Waals surface area contributed by atoms with E-state index in [2.05, 4.69) is 20.3 Å². The van der Waals surface area contributed by atoms with Crippen molar-refractivity contribution >= 4 is 16.8 Å². The Morgan fingerprint density at radius 3 is 2.95 bits per heavy atom. The predicted molar refractivity (Wildman–Crippen MR) is 79.2 cm³/mol. The number of hydrogen-bond acceptors (Lipinski definition) is 3. The highest BCUT2D eigenvalue weighted by molar-refractivity contribution is 6.05. The average molecular weight is 282 g/mol. The van der Waals surface area contributed by atoms with Gasteiger partial charge in [0.25, 0.3) is 5.91 Å². The Kier molecular flexibility index (Phi) is 3.51. The number of aromatic nitrogens is 3. The summed E-state index contributed by atoms with van der Waals surface area (Å²) in [5, 5.41) is 3.53. The molecule has 2 heterocycles. The molecule has 0 bridgehead atoms. The number of aromatic amines is 2. The van der Waals surface area contributed by atoms with Crippen molar-refractivity contribution < 1.29 is 4.79 Å². The lowest BCUT2D eigenvalue weighted by atomic mass is 10.1. The molecule has 0 radical (unpaired) electrons. The maximum Gasteiger partial charge on any atom is 0.252 e. The zero-order chi connectivity index (χ0) is 14.7. The number of fused-ring (bicyclic) bond motifs is 1. The molecule has 0 aliphatic rings. The van der Waals surface area contributed by atoms with E-state index in [1.54, 1.807) is 18.5 Å². The molecule has 0 fully saturated rings. The number of H-pyrrole nitrogens is 2. The molecule has 3 aromatic rings. The van der Waals surface area contributed by atoms with Gasteiger partial charge in [0.15, 0.2) is 0 Å². The average Bonchev–Trinajstić information content (AvgIpc) is 2.99. The molecular weight excluding hydrogens is 268 g/mol. The Morgan fingerprint density at radius 1 is 1.29 bits per heavy atom. The van der Waals surface area contributed by atoms with Gasteiger partial charge in [-0.2, -0.15) is 0 Å². The smallest absolute Gasteiger partial charge is 0.252 e. The molecule has 1 aromatic carbocycles. The first-order valence-electron chi connectivity index (χ1n) is 6.62. The van der Waals surface area contributed by atoms with Crippen molar-refractivity contribution in [1.29, 1.82) is 0 Å². The molecule has 1 amide bonds. The third-order valence-corrected chi connectivity index (χ3v) is 3.20. The zero-order valence-electron chi connectivity index (χ0n) is 11.2. The number of amides is 1. The van der Waals surface area contributed by atoms with Gasteiger partial charge >= 0.3 is 0 Å². The summed E-state index contributed by atoms with van der Waals surface area (Å²) in [6.45, 7) is 0.452. The highest BCUT2D eigenvalue weighted by Gasteiger charge is 2.11. The van der Waals surface area contributed by atoms with Gasteiger partial charge in [-0.15, -0.1) is 0 Å². The molecule has 6 nitrogen and oxygen atoms in total. The van der Waals surface area contributed by atoms with Crippen LogP contribution < -0.4 is 10.9 Å². The van der Waals surface area contributed by atoms with Gasteiger partial charge in [-0.25, -0.2) is 4.98 Å². The van der Waals surface area contributed by atoms with Crippen molar-refractivity contribution in [1.82, 2.24) is 20.3 Å². The first kappa shape index (κ1) is 13.1. The number of pyridine rings is 1. The van der Waals surface area contributed by atoms with E-state index < -0.39 is 0 Å². The molecular formula is C15H14N4O2. The Labute approximate surface area is 120 Å². The molecule has 0 unspecified atom stereocenters. The maximum absolute atomic E-state index is 12.2. The lowest BCUT2D eigenvalue weighted by molar-refractivity contribution is 0.0955. The van der Waals surface area contributed by atoms with Crippen LogP contribution in [0.15, 0.2) is 47.5 Å². The second-order valence-electron chi connectivity index (χ2n) is 4.63. The fourth-order valence-electron chi connectivity index (χ4n) is 2.22. The van der Waals surface area contributed by atoms with Gasteiger partial charge < -0.3 is 15.3 Å². The summed E-state index contributed by atoms with van der Waals surface area (Å²) >= 11 is 0. The van der Waals surface area contributed by atoms with E-state index >= 15 is 0 Å². The summed E-state index contributed by atoms with van der Waals surface area (Å²) in [4.78, 5) is 33.6. The van der Waals surface area contributed by atoms with Gasteiger partial charge in [-0.05, 0) is 6.07 Å². The van der Waals surface area contributed by atoms with Crippen molar-refractivity contribution in [3.05, 3.63) is 64.5 Å². The molecule has 0 saturated heterocycles. The first-order chi connectivity index (χ1) is 10.2. The lowest BCUT2D eigenvalue weighted by Crippen LogP contribution is -2.27. The van der Waals surface area contributed by atoms with E-state index in [0.29, 0.717) is 24.0 Å². The van der Waals surface area contributed by atoms with Gasteiger partial charge in [0, 0.05) is 42.3 Å².